The van der Waals surface area contributed by atoms with Crippen LogP contribution in [-0.2, 0) is 0 Å². The molecule has 0 atom stereocenters. The van der Waals surface area contributed by atoms with E-state index >= 15 is 0 Å². The number of methoxy groups -OCH3 is 1. The number of nitrogens with zero attached hydrogens (tertiary/aromatic N) is 1. The monoisotopic (exact) mass is 233 g/mol. The number of nitrogens with one attached hydrogen (secondary N) is 1. The number of hydrogen-bond donors (Lipinski definition) is 2. The lowest BCUT2D eigenvalue weighted by atomic mass is 10.2. The van der Waals surface area contributed by atoms with E-state index in [1.807, 2.05) is 0 Å². The second-order valence-electron chi connectivity index (χ2n) is 3.45. The van der Waals surface area contributed by atoms with Gasteiger partial charge in [0.1, 0.15) is 17.4 Å². The molecule has 4 nitrogen and oxygen atoms in total. The molecule has 0 radical (unpaired) electrons. The highest BCUT2D eigenvalue weighted by Crippen LogP contribution is 2.27. The third-order valence-corrected chi connectivity index (χ3v) is 2.21. The van der Waals surface area contributed by atoms with Gasteiger partial charge in [-0.2, -0.15) is 0 Å². The molecule has 0 aliphatic carbocycles. The highest BCUT2D eigenvalue weighted by Gasteiger charge is 2.05. The Kier molecular flexibility index (Phi) is 3.09. The van der Waals surface area contributed by atoms with Crippen molar-refractivity contribution < 1.29 is 9.13 Å². The molecule has 0 fully saturated rings. The van der Waals surface area contributed by atoms with Crippen LogP contribution < -0.4 is 15.8 Å². The summed E-state index contributed by atoms with van der Waals surface area (Å²) < 4.78 is 18.1. The van der Waals surface area contributed by atoms with Gasteiger partial charge in [-0.3, -0.25) is 0 Å². The molecule has 0 unspecified atom stereocenters. The number of rotatable bonds is 3. The predicted octanol–water partition coefficient (Wildman–Crippen LogP) is 2.56. The molecule has 1 aromatic carbocycles. The summed E-state index contributed by atoms with van der Waals surface area (Å²) in [4.78, 5) is 4.09. The van der Waals surface area contributed by atoms with Crippen molar-refractivity contribution in [3.8, 4) is 5.75 Å². The van der Waals surface area contributed by atoms with Crippen LogP contribution in [0.15, 0.2) is 36.5 Å². The Hall–Kier alpha value is -2.30. The van der Waals surface area contributed by atoms with E-state index in [4.69, 9.17) is 10.5 Å². The number of halogens is 1. The number of hydrogen-bond acceptors (Lipinski definition) is 4. The molecule has 1 heterocycles. The van der Waals surface area contributed by atoms with Crippen LogP contribution in [0, 0.1) is 5.82 Å². The second-order valence-corrected chi connectivity index (χ2v) is 3.45. The molecular weight excluding hydrogens is 221 g/mol. The van der Waals surface area contributed by atoms with Gasteiger partial charge in [-0.15, -0.1) is 0 Å². The van der Waals surface area contributed by atoms with Crippen LogP contribution in [-0.4, -0.2) is 12.1 Å². The van der Waals surface area contributed by atoms with Gasteiger partial charge in [0.25, 0.3) is 0 Å². The summed E-state index contributed by atoms with van der Waals surface area (Å²) in [5, 5.41) is 3.02. The van der Waals surface area contributed by atoms with Crippen molar-refractivity contribution in [2.75, 3.05) is 18.2 Å². The zero-order valence-corrected chi connectivity index (χ0v) is 9.27. The van der Waals surface area contributed by atoms with Gasteiger partial charge in [-0.05, 0) is 24.3 Å². The molecule has 0 aliphatic rings. The van der Waals surface area contributed by atoms with Gasteiger partial charge in [-0.1, -0.05) is 0 Å². The Bertz CT molecular complexity index is 514. The van der Waals surface area contributed by atoms with Crippen LogP contribution in [0.3, 0.4) is 0 Å². The lowest BCUT2D eigenvalue weighted by molar-refractivity contribution is 0.413. The van der Waals surface area contributed by atoms with Crippen molar-refractivity contribution in [2.45, 2.75) is 0 Å². The van der Waals surface area contributed by atoms with Crippen LogP contribution in [0.25, 0.3) is 0 Å². The summed E-state index contributed by atoms with van der Waals surface area (Å²) in [6.07, 6.45) is 1.54. The van der Waals surface area contributed by atoms with E-state index in [-0.39, 0.29) is 5.82 Å². The number of ether oxygens (including phenoxy) is 1. The highest BCUT2D eigenvalue weighted by atomic mass is 19.1. The number of pyridine rings is 1. The predicted molar refractivity (Wildman–Crippen MR) is 64.9 cm³/mol. The molecule has 17 heavy (non-hydrogen) atoms. The van der Waals surface area contributed by atoms with E-state index in [0.29, 0.717) is 22.9 Å². The number of nitrogens with two attached hydrogens (primary N) is 1. The van der Waals surface area contributed by atoms with Gasteiger partial charge in [-0.25, -0.2) is 9.37 Å². The standard InChI is InChI=1S/C12H12FN3O/c1-17-11-6-8(13)2-4-10(11)16-12-5-3-9(14)7-15-12/h2-7H,14H2,1H3,(H,15,16). The summed E-state index contributed by atoms with van der Waals surface area (Å²) in [6.45, 7) is 0. The van der Waals surface area contributed by atoms with Crippen LogP contribution in [0.1, 0.15) is 0 Å². The third kappa shape index (κ3) is 2.63. The van der Waals surface area contributed by atoms with Crippen LogP contribution >= 0.6 is 0 Å². The molecule has 0 spiro atoms. The summed E-state index contributed by atoms with van der Waals surface area (Å²) in [7, 11) is 1.48. The van der Waals surface area contributed by atoms with Crippen LogP contribution in [0.4, 0.5) is 21.6 Å². The van der Waals surface area contributed by atoms with Gasteiger partial charge in [0.15, 0.2) is 0 Å². The first-order valence-electron chi connectivity index (χ1n) is 5.01. The van der Waals surface area contributed by atoms with E-state index in [2.05, 4.69) is 10.3 Å². The average Bonchev–Trinajstić information content (AvgIpc) is 2.34. The van der Waals surface area contributed by atoms with E-state index < -0.39 is 0 Å². The maximum atomic E-state index is 13.0. The molecule has 0 aliphatic heterocycles. The van der Waals surface area contributed by atoms with Gasteiger partial charge in [0, 0.05) is 6.07 Å². The van der Waals surface area contributed by atoms with Gasteiger partial charge < -0.3 is 15.8 Å². The minimum atomic E-state index is -0.349. The fourth-order valence-electron chi connectivity index (χ4n) is 1.39. The normalized spacial score (nSPS) is 10.0. The van der Waals surface area contributed by atoms with E-state index in [1.165, 1.54) is 19.2 Å². The number of aromatic nitrogens is 1. The first kappa shape index (κ1) is 11.2. The van der Waals surface area contributed by atoms with E-state index in [0.717, 1.165) is 0 Å². The summed E-state index contributed by atoms with van der Waals surface area (Å²) in [6, 6.07) is 7.71. The summed E-state index contributed by atoms with van der Waals surface area (Å²) in [5.74, 6) is 0.686. The molecule has 3 N–H and O–H groups in total. The lowest BCUT2D eigenvalue weighted by Gasteiger charge is -2.10. The molecule has 2 rings (SSSR count). The lowest BCUT2D eigenvalue weighted by Crippen LogP contribution is -1.97. The van der Waals surface area contributed by atoms with Crippen molar-refractivity contribution in [1.29, 1.82) is 0 Å². The van der Waals surface area contributed by atoms with Crippen molar-refractivity contribution >= 4 is 17.2 Å². The van der Waals surface area contributed by atoms with Crippen LogP contribution in [0.5, 0.6) is 5.75 Å². The molecule has 1 aromatic heterocycles. The fourth-order valence-corrected chi connectivity index (χ4v) is 1.39. The third-order valence-electron chi connectivity index (χ3n) is 2.21. The second kappa shape index (κ2) is 4.69. The zero-order chi connectivity index (χ0) is 12.3. The molecule has 0 saturated heterocycles. The largest absolute Gasteiger partial charge is 0.494 e. The molecule has 5 heteroatoms. The molecule has 2 aromatic rings. The number of anilines is 3. The molecular formula is C12H12FN3O. The Morgan fingerprint density at radius 3 is 2.76 bits per heavy atom. The molecule has 88 valence electrons. The molecule has 0 bridgehead atoms. The van der Waals surface area contributed by atoms with E-state index in [9.17, 15) is 4.39 Å². The fraction of sp³-hybridized carbons (Fsp3) is 0.0833. The summed E-state index contributed by atoms with van der Waals surface area (Å²) in [5.41, 5.74) is 6.76. The topological polar surface area (TPSA) is 60.2 Å². The zero-order valence-electron chi connectivity index (χ0n) is 9.27. The maximum Gasteiger partial charge on any atom is 0.145 e. The van der Waals surface area contributed by atoms with Crippen LogP contribution in [0.2, 0.25) is 0 Å². The first-order chi connectivity index (χ1) is 8.19. The van der Waals surface area contributed by atoms with E-state index in [1.54, 1.807) is 24.4 Å². The van der Waals surface area contributed by atoms with Crippen molar-refractivity contribution in [3.63, 3.8) is 0 Å². The molecule has 0 amide bonds. The van der Waals surface area contributed by atoms with Gasteiger partial charge in [0.05, 0.1) is 24.7 Å². The average molecular weight is 233 g/mol. The van der Waals surface area contributed by atoms with Crippen molar-refractivity contribution in [1.82, 2.24) is 4.98 Å². The summed E-state index contributed by atoms with van der Waals surface area (Å²) >= 11 is 0. The first-order valence-corrected chi connectivity index (χ1v) is 5.01. The Labute approximate surface area is 98.2 Å². The van der Waals surface area contributed by atoms with Gasteiger partial charge in [0.2, 0.25) is 0 Å². The number of benzene rings is 1. The highest BCUT2D eigenvalue weighted by molar-refractivity contribution is 5.64. The van der Waals surface area contributed by atoms with Crippen molar-refractivity contribution in [3.05, 3.63) is 42.3 Å². The SMILES string of the molecule is COc1cc(F)ccc1Nc1ccc(N)cn1. The Morgan fingerprint density at radius 2 is 2.12 bits per heavy atom. The van der Waals surface area contributed by atoms with Crippen molar-refractivity contribution in [2.24, 2.45) is 0 Å². The molecule has 0 saturated carbocycles. The van der Waals surface area contributed by atoms with Gasteiger partial charge >= 0.3 is 0 Å². The minimum absolute atomic E-state index is 0.349. The Morgan fingerprint density at radius 1 is 1.29 bits per heavy atom. The minimum Gasteiger partial charge on any atom is -0.494 e. The maximum absolute atomic E-state index is 13.0. The quantitative estimate of drug-likeness (QED) is 0.855. The smallest absolute Gasteiger partial charge is 0.145 e. The number of nitrogen functional groups attached to an aromatic ring is 1. The Balaban J connectivity index is 2.26.